The third-order valence-electron chi connectivity index (χ3n) is 4.03. The van der Waals surface area contributed by atoms with Crippen LogP contribution in [0.2, 0.25) is 0 Å². The molecule has 3 nitrogen and oxygen atoms in total. The Morgan fingerprint density at radius 1 is 0.875 bits per heavy atom. The molecular weight excluding hydrogens is 296 g/mol. The second-order valence-corrected chi connectivity index (χ2v) is 5.88. The standard InChI is InChI=1S/C21H20N2O/c22-20(14-16-5-2-1-3-6-16)21(24)15-17-7-4-8-19(13-17)18-9-11-23-12-10-18/h1-13,20H,14-15,22H2/t20-/m0/s1. The summed E-state index contributed by atoms with van der Waals surface area (Å²) in [6, 6.07) is 21.3. The van der Waals surface area contributed by atoms with Gasteiger partial charge in [-0.15, -0.1) is 0 Å². The predicted molar refractivity (Wildman–Crippen MR) is 96.5 cm³/mol. The zero-order chi connectivity index (χ0) is 16.8. The molecule has 1 heterocycles. The number of benzene rings is 2. The average molecular weight is 316 g/mol. The first-order valence-electron chi connectivity index (χ1n) is 8.04. The topological polar surface area (TPSA) is 56.0 Å². The van der Waals surface area contributed by atoms with Crippen molar-refractivity contribution in [1.82, 2.24) is 4.98 Å². The van der Waals surface area contributed by atoms with Crippen LogP contribution in [0.4, 0.5) is 0 Å². The number of hydrogen-bond donors (Lipinski definition) is 1. The predicted octanol–water partition coefficient (Wildman–Crippen LogP) is 3.43. The minimum atomic E-state index is -0.475. The van der Waals surface area contributed by atoms with Crippen LogP contribution in [0.5, 0.6) is 0 Å². The zero-order valence-corrected chi connectivity index (χ0v) is 13.4. The Morgan fingerprint density at radius 3 is 2.33 bits per heavy atom. The van der Waals surface area contributed by atoms with E-state index in [1.165, 1.54) is 0 Å². The summed E-state index contributed by atoms with van der Waals surface area (Å²) in [5.74, 6) is 0.0609. The van der Waals surface area contributed by atoms with Gasteiger partial charge in [-0.3, -0.25) is 9.78 Å². The molecule has 2 N–H and O–H groups in total. The van der Waals surface area contributed by atoms with Gasteiger partial charge < -0.3 is 5.73 Å². The summed E-state index contributed by atoms with van der Waals surface area (Å²) < 4.78 is 0. The molecule has 3 rings (SSSR count). The second-order valence-electron chi connectivity index (χ2n) is 5.88. The molecule has 0 amide bonds. The van der Waals surface area contributed by atoms with E-state index >= 15 is 0 Å². The Labute approximate surface area is 142 Å². The Morgan fingerprint density at radius 2 is 1.58 bits per heavy atom. The van der Waals surface area contributed by atoms with Gasteiger partial charge in [0.2, 0.25) is 0 Å². The minimum Gasteiger partial charge on any atom is -0.321 e. The van der Waals surface area contributed by atoms with Crippen LogP contribution in [0.3, 0.4) is 0 Å². The van der Waals surface area contributed by atoms with Crippen molar-refractivity contribution >= 4 is 5.78 Å². The molecule has 3 heteroatoms. The molecule has 2 aromatic carbocycles. The van der Waals surface area contributed by atoms with E-state index in [4.69, 9.17) is 5.73 Å². The summed E-state index contributed by atoms with van der Waals surface area (Å²) in [4.78, 5) is 16.5. The fourth-order valence-corrected chi connectivity index (χ4v) is 2.72. The lowest BCUT2D eigenvalue weighted by atomic mass is 9.96. The van der Waals surface area contributed by atoms with Crippen molar-refractivity contribution in [2.24, 2.45) is 5.73 Å². The van der Waals surface area contributed by atoms with Crippen molar-refractivity contribution in [3.05, 3.63) is 90.3 Å². The number of Topliss-reactive ketones (excluding diaryl/α,β-unsaturated/α-hetero) is 1. The van der Waals surface area contributed by atoms with Gasteiger partial charge in [-0.05, 0) is 40.8 Å². The zero-order valence-electron chi connectivity index (χ0n) is 13.4. The van der Waals surface area contributed by atoms with E-state index < -0.39 is 6.04 Å². The van der Waals surface area contributed by atoms with Gasteiger partial charge >= 0.3 is 0 Å². The lowest BCUT2D eigenvalue weighted by Gasteiger charge is -2.11. The fourth-order valence-electron chi connectivity index (χ4n) is 2.72. The van der Waals surface area contributed by atoms with E-state index in [2.05, 4.69) is 4.98 Å². The summed E-state index contributed by atoms with van der Waals surface area (Å²) in [5, 5.41) is 0. The molecular formula is C21H20N2O. The fraction of sp³-hybridized carbons (Fsp3) is 0.143. The summed E-state index contributed by atoms with van der Waals surface area (Å²) in [7, 11) is 0. The van der Waals surface area contributed by atoms with Crippen molar-refractivity contribution < 1.29 is 4.79 Å². The molecule has 0 spiro atoms. The SMILES string of the molecule is N[C@@H](Cc1ccccc1)C(=O)Cc1cccc(-c2ccncc2)c1. The van der Waals surface area contributed by atoms with Gasteiger partial charge in [0.1, 0.15) is 0 Å². The van der Waals surface area contributed by atoms with E-state index in [9.17, 15) is 4.79 Å². The first kappa shape index (κ1) is 16.1. The monoisotopic (exact) mass is 316 g/mol. The number of pyridine rings is 1. The quantitative estimate of drug-likeness (QED) is 0.758. The third kappa shape index (κ3) is 4.15. The maximum absolute atomic E-state index is 12.4. The maximum Gasteiger partial charge on any atom is 0.154 e. The number of nitrogens with zero attached hydrogens (tertiary/aromatic N) is 1. The highest BCUT2D eigenvalue weighted by molar-refractivity contribution is 5.86. The summed E-state index contributed by atoms with van der Waals surface area (Å²) in [6.45, 7) is 0. The van der Waals surface area contributed by atoms with Gasteiger partial charge in [0.05, 0.1) is 6.04 Å². The van der Waals surface area contributed by atoms with Crippen LogP contribution < -0.4 is 5.73 Å². The highest BCUT2D eigenvalue weighted by atomic mass is 16.1. The number of carbonyl (C=O) groups excluding carboxylic acids is 1. The van der Waals surface area contributed by atoms with Gasteiger partial charge in [0.25, 0.3) is 0 Å². The average Bonchev–Trinajstić information content (AvgIpc) is 2.63. The highest BCUT2D eigenvalue weighted by Gasteiger charge is 2.15. The molecule has 1 aromatic heterocycles. The van der Waals surface area contributed by atoms with Crippen LogP contribution in [0.1, 0.15) is 11.1 Å². The normalized spacial score (nSPS) is 11.9. The number of carbonyl (C=O) groups is 1. The van der Waals surface area contributed by atoms with Gasteiger partial charge in [0, 0.05) is 18.8 Å². The smallest absolute Gasteiger partial charge is 0.154 e. The summed E-state index contributed by atoms with van der Waals surface area (Å²) >= 11 is 0. The summed E-state index contributed by atoms with van der Waals surface area (Å²) in [5.41, 5.74) is 10.3. The van der Waals surface area contributed by atoms with Crippen molar-refractivity contribution in [3.8, 4) is 11.1 Å². The van der Waals surface area contributed by atoms with Crippen molar-refractivity contribution in [1.29, 1.82) is 0 Å². The number of ketones is 1. The number of hydrogen-bond acceptors (Lipinski definition) is 3. The third-order valence-corrected chi connectivity index (χ3v) is 4.03. The van der Waals surface area contributed by atoms with Gasteiger partial charge in [-0.25, -0.2) is 0 Å². The molecule has 0 unspecified atom stereocenters. The Hall–Kier alpha value is -2.78. The lowest BCUT2D eigenvalue weighted by Crippen LogP contribution is -2.33. The van der Waals surface area contributed by atoms with E-state index in [0.717, 1.165) is 22.3 Å². The van der Waals surface area contributed by atoms with Crippen molar-refractivity contribution in [2.75, 3.05) is 0 Å². The number of aromatic nitrogens is 1. The second kappa shape index (κ2) is 7.66. The molecule has 0 saturated heterocycles. The van der Waals surface area contributed by atoms with Gasteiger partial charge in [-0.2, -0.15) is 0 Å². The molecule has 0 saturated carbocycles. The molecule has 120 valence electrons. The lowest BCUT2D eigenvalue weighted by molar-refractivity contribution is -0.119. The van der Waals surface area contributed by atoms with Crippen LogP contribution in [-0.4, -0.2) is 16.8 Å². The Balaban J connectivity index is 1.68. The van der Waals surface area contributed by atoms with E-state index in [1.807, 2.05) is 66.7 Å². The number of nitrogens with two attached hydrogens (primary N) is 1. The molecule has 0 bridgehead atoms. The first-order chi connectivity index (χ1) is 11.7. The van der Waals surface area contributed by atoms with E-state index in [-0.39, 0.29) is 5.78 Å². The first-order valence-corrected chi connectivity index (χ1v) is 8.04. The van der Waals surface area contributed by atoms with Gasteiger partial charge in [0.15, 0.2) is 5.78 Å². The molecule has 24 heavy (non-hydrogen) atoms. The molecule has 1 atom stereocenters. The molecule has 0 fully saturated rings. The van der Waals surface area contributed by atoms with E-state index in [1.54, 1.807) is 12.4 Å². The van der Waals surface area contributed by atoms with Crippen molar-refractivity contribution in [2.45, 2.75) is 18.9 Å². The van der Waals surface area contributed by atoms with Crippen LogP contribution >= 0.6 is 0 Å². The molecule has 3 aromatic rings. The van der Waals surface area contributed by atoms with Gasteiger partial charge in [-0.1, -0.05) is 54.6 Å². The summed E-state index contributed by atoms with van der Waals surface area (Å²) in [6.07, 6.45) is 4.46. The molecule has 0 aliphatic heterocycles. The van der Waals surface area contributed by atoms with Crippen LogP contribution in [0.15, 0.2) is 79.1 Å². The number of rotatable bonds is 6. The van der Waals surface area contributed by atoms with Crippen LogP contribution in [0, 0.1) is 0 Å². The highest BCUT2D eigenvalue weighted by Crippen LogP contribution is 2.20. The van der Waals surface area contributed by atoms with Crippen molar-refractivity contribution in [3.63, 3.8) is 0 Å². The molecule has 0 aliphatic rings. The largest absolute Gasteiger partial charge is 0.321 e. The van der Waals surface area contributed by atoms with Crippen LogP contribution in [-0.2, 0) is 17.6 Å². The Bertz CT molecular complexity index is 800. The Kier molecular flexibility index (Phi) is 5.14. The van der Waals surface area contributed by atoms with Crippen LogP contribution in [0.25, 0.3) is 11.1 Å². The minimum absolute atomic E-state index is 0.0609. The molecule has 0 radical (unpaired) electrons. The maximum atomic E-state index is 12.4. The molecule has 0 aliphatic carbocycles. The van der Waals surface area contributed by atoms with E-state index in [0.29, 0.717) is 12.8 Å².